The first-order chi connectivity index (χ1) is 9.06. The quantitative estimate of drug-likeness (QED) is 0.775. The molecule has 0 spiro atoms. The lowest BCUT2D eigenvalue weighted by atomic mass is 10.0. The lowest BCUT2D eigenvalue weighted by Gasteiger charge is -2.18. The Balaban J connectivity index is 1.90. The molecule has 0 heterocycles. The summed E-state index contributed by atoms with van der Waals surface area (Å²) in [4.78, 5) is 23.0. The van der Waals surface area contributed by atoms with Crippen LogP contribution in [0.15, 0.2) is 24.3 Å². The zero-order valence-corrected chi connectivity index (χ0v) is 10.4. The minimum absolute atomic E-state index is 0.224. The lowest BCUT2D eigenvalue weighted by molar-refractivity contribution is -0.122. The second kappa shape index (κ2) is 5.69. The van der Waals surface area contributed by atoms with Crippen LogP contribution in [-0.4, -0.2) is 18.0 Å². The fourth-order valence-corrected chi connectivity index (χ4v) is 2.34. The van der Waals surface area contributed by atoms with Crippen LogP contribution < -0.4 is 16.4 Å². The van der Waals surface area contributed by atoms with Crippen molar-refractivity contribution in [3.8, 4) is 0 Å². The van der Waals surface area contributed by atoms with Gasteiger partial charge in [-0.3, -0.25) is 4.79 Å². The van der Waals surface area contributed by atoms with E-state index in [0.29, 0.717) is 12.1 Å². The molecule has 1 fully saturated rings. The van der Waals surface area contributed by atoms with E-state index in [0.717, 1.165) is 12.8 Å². The van der Waals surface area contributed by atoms with Crippen molar-refractivity contribution in [2.24, 2.45) is 11.7 Å². The van der Waals surface area contributed by atoms with Crippen molar-refractivity contribution < 1.29 is 14.0 Å². The van der Waals surface area contributed by atoms with Gasteiger partial charge in [-0.05, 0) is 37.1 Å². The number of benzene rings is 1. The van der Waals surface area contributed by atoms with Crippen molar-refractivity contribution in [1.29, 1.82) is 0 Å². The molecule has 0 aromatic heterocycles. The number of halogens is 1. The van der Waals surface area contributed by atoms with Crippen molar-refractivity contribution >= 4 is 17.6 Å². The summed E-state index contributed by atoms with van der Waals surface area (Å²) < 4.78 is 12.7. The van der Waals surface area contributed by atoms with Gasteiger partial charge in [0.15, 0.2) is 0 Å². The van der Waals surface area contributed by atoms with Crippen LogP contribution in [0.25, 0.3) is 0 Å². The predicted octanol–water partition coefficient (Wildman–Crippen LogP) is 1.60. The molecule has 1 aliphatic carbocycles. The molecule has 6 heteroatoms. The number of amides is 3. The molecule has 2 atom stereocenters. The van der Waals surface area contributed by atoms with Crippen molar-refractivity contribution in [3.05, 3.63) is 30.1 Å². The largest absolute Gasteiger partial charge is 0.369 e. The highest BCUT2D eigenvalue weighted by atomic mass is 19.1. The third-order valence-corrected chi connectivity index (χ3v) is 3.30. The number of primary amides is 1. The number of nitrogens with two attached hydrogens (primary N) is 1. The molecule has 19 heavy (non-hydrogen) atoms. The summed E-state index contributed by atoms with van der Waals surface area (Å²) in [6.07, 6.45) is 2.32. The average molecular weight is 265 g/mol. The number of nitrogens with one attached hydrogen (secondary N) is 2. The van der Waals surface area contributed by atoms with Crippen LogP contribution in [0.1, 0.15) is 19.3 Å². The summed E-state index contributed by atoms with van der Waals surface area (Å²) in [6.45, 7) is 0. The fraction of sp³-hybridized carbons (Fsp3) is 0.385. The number of carbonyl (C=O) groups is 2. The Kier molecular flexibility index (Phi) is 3.99. The minimum Gasteiger partial charge on any atom is -0.369 e. The zero-order chi connectivity index (χ0) is 13.8. The Morgan fingerprint density at radius 2 is 1.89 bits per heavy atom. The molecule has 1 saturated carbocycles. The number of urea groups is 1. The van der Waals surface area contributed by atoms with Crippen molar-refractivity contribution in [2.75, 3.05) is 5.32 Å². The molecule has 2 rings (SSSR count). The second-order valence-electron chi connectivity index (χ2n) is 4.65. The number of rotatable bonds is 3. The molecule has 0 radical (unpaired) electrons. The van der Waals surface area contributed by atoms with Crippen LogP contribution in [0.2, 0.25) is 0 Å². The molecule has 0 aliphatic heterocycles. The third kappa shape index (κ3) is 3.43. The van der Waals surface area contributed by atoms with Gasteiger partial charge < -0.3 is 16.4 Å². The molecule has 1 aliphatic rings. The number of anilines is 1. The first-order valence-electron chi connectivity index (χ1n) is 6.18. The molecule has 1 aromatic rings. The Morgan fingerprint density at radius 1 is 1.21 bits per heavy atom. The van der Waals surface area contributed by atoms with Gasteiger partial charge in [0.1, 0.15) is 5.82 Å². The van der Waals surface area contributed by atoms with Crippen molar-refractivity contribution in [1.82, 2.24) is 5.32 Å². The maximum atomic E-state index is 12.7. The van der Waals surface area contributed by atoms with Crippen LogP contribution in [0, 0.1) is 11.7 Å². The summed E-state index contributed by atoms with van der Waals surface area (Å²) >= 11 is 0. The summed E-state index contributed by atoms with van der Waals surface area (Å²) in [5, 5.41) is 5.32. The summed E-state index contributed by atoms with van der Waals surface area (Å²) in [6, 6.07) is 4.82. The van der Waals surface area contributed by atoms with Crippen LogP contribution in [0.4, 0.5) is 14.9 Å². The highest BCUT2D eigenvalue weighted by Crippen LogP contribution is 2.25. The average Bonchev–Trinajstić information content (AvgIpc) is 2.80. The van der Waals surface area contributed by atoms with Gasteiger partial charge in [-0.1, -0.05) is 6.42 Å². The smallest absolute Gasteiger partial charge is 0.319 e. The van der Waals surface area contributed by atoms with E-state index in [9.17, 15) is 14.0 Å². The van der Waals surface area contributed by atoms with Gasteiger partial charge in [0.25, 0.3) is 0 Å². The second-order valence-corrected chi connectivity index (χ2v) is 4.65. The maximum absolute atomic E-state index is 12.7. The predicted molar refractivity (Wildman–Crippen MR) is 68.9 cm³/mol. The van der Waals surface area contributed by atoms with E-state index in [2.05, 4.69) is 10.6 Å². The maximum Gasteiger partial charge on any atom is 0.319 e. The highest BCUT2D eigenvalue weighted by Gasteiger charge is 2.32. The topological polar surface area (TPSA) is 84.2 Å². The summed E-state index contributed by atoms with van der Waals surface area (Å²) in [7, 11) is 0. The van der Waals surface area contributed by atoms with E-state index in [1.165, 1.54) is 24.3 Å². The van der Waals surface area contributed by atoms with Gasteiger partial charge in [0.2, 0.25) is 5.91 Å². The van der Waals surface area contributed by atoms with Crippen LogP contribution >= 0.6 is 0 Å². The van der Waals surface area contributed by atoms with Crippen LogP contribution in [0.5, 0.6) is 0 Å². The number of hydrogen-bond donors (Lipinski definition) is 3. The van der Waals surface area contributed by atoms with Crippen LogP contribution in [0.3, 0.4) is 0 Å². The van der Waals surface area contributed by atoms with Crippen molar-refractivity contribution in [3.63, 3.8) is 0 Å². The lowest BCUT2D eigenvalue weighted by Crippen LogP contribution is -2.44. The van der Waals surface area contributed by atoms with Gasteiger partial charge >= 0.3 is 6.03 Å². The standard InChI is InChI=1S/C13H16FN3O2/c14-8-4-6-9(7-5-8)16-13(19)17-11-3-1-2-10(11)12(15)18/h4-7,10-11H,1-3H2,(H2,15,18)(H2,16,17,19)/t10-,11+/m0/s1. The van der Waals surface area contributed by atoms with Crippen molar-refractivity contribution in [2.45, 2.75) is 25.3 Å². The monoisotopic (exact) mass is 265 g/mol. The molecule has 0 saturated heterocycles. The molecule has 0 bridgehead atoms. The Bertz CT molecular complexity index is 475. The van der Waals surface area contributed by atoms with Gasteiger partial charge in [-0.25, -0.2) is 9.18 Å². The SMILES string of the molecule is NC(=O)[C@H]1CCC[C@H]1NC(=O)Nc1ccc(F)cc1. The van der Waals surface area contributed by atoms with Gasteiger partial charge in [0.05, 0.1) is 5.92 Å². The van der Waals surface area contributed by atoms with E-state index in [1.807, 2.05) is 0 Å². The Morgan fingerprint density at radius 3 is 2.53 bits per heavy atom. The van der Waals surface area contributed by atoms with Gasteiger partial charge in [0, 0.05) is 11.7 Å². The Labute approximate surface area is 110 Å². The number of hydrogen-bond acceptors (Lipinski definition) is 2. The van der Waals surface area contributed by atoms with E-state index in [-0.39, 0.29) is 23.7 Å². The van der Waals surface area contributed by atoms with Gasteiger partial charge in [-0.2, -0.15) is 0 Å². The van der Waals surface area contributed by atoms with E-state index in [4.69, 9.17) is 5.73 Å². The normalized spacial score (nSPS) is 21.9. The van der Waals surface area contributed by atoms with E-state index in [1.54, 1.807) is 0 Å². The Hall–Kier alpha value is -2.11. The molecule has 102 valence electrons. The fourth-order valence-electron chi connectivity index (χ4n) is 2.34. The molecule has 1 aromatic carbocycles. The molecule has 0 unspecified atom stereocenters. The molecular formula is C13H16FN3O2. The minimum atomic E-state index is -0.412. The molecule has 3 amide bonds. The third-order valence-electron chi connectivity index (χ3n) is 3.30. The first kappa shape index (κ1) is 13.3. The highest BCUT2D eigenvalue weighted by molar-refractivity contribution is 5.90. The molecule has 5 nitrogen and oxygen atoms in total. The van der Waals surface area contributed by atoms with E-state index >= 15 is 0 Å². The first-order valence-corrected chi connectivity index (χ1v) is 6.18. The molecule has 4 N–H and O–H groups in total. The number of carbonyl (C=O) groups excluding carboxylic acids is 2. The van der Waals surface area contributed by atoms with Gasteiger partial charge in [-0.15, -0.1) is 0 Å². The van der Waals surface area contributed by atoms with E-state index < -0.39 is 6.03 Å². The zero-order valence-electron chi connectivity index (χ0n) is 10.4. The summed E-state index contributed by atoms with van der Waals surface area (Å²) in [5.41, 5.74) is 5.77. The summed E-state index contributed by atoms with van der Waals surface area (Å²) in [5.74, 6) is -1.06. The van der Waals surface area contributed by atoms with Crippen LogP contribution in [-0.2, 0) is 4.79 Å². The molecular weight excluding hydrogens is 249 g/mol.